The van der Waals surface area contributed by atoms with E-state index in [1.165, 1.54) is 0 Å². The van der Waals surface area contributed by atoms with Gasteiger partial charge < -0.3 is 25.4 Å². The second-order valence-electron chi connectivity index (χ2n) is 6.43. The van der Waals surface area contributed by atoms with Crippen LogP contribution in [0.25, 0.3) is 0 Å². The number of carbonyl (C=O) groups is 1. The fourth-order valence-corrected chi connectivity index (χ4v) is 2.67. The van der Waals surface area contributed by atoms with Crippen molar-refractivity contribution in [2.24, 2.45) is 4.99 Å². The van der Waals surface area contributed by atoms with Gasteiger partial charge in [-0.25, -0.2) is 0 Å². The lowest BCUT2D eigenvalue weighted by Gasteiger charge is -2.14. The van der Waals surface area contributed by atoms with E-state index in [1.54, 1.807) is 21.3 Å². The van der Waals surface area contributed by atoms with Crippen molar-refractivity contribution in [3.8, 4) is 11.5 Å². The Hall–Kier alpha value is -2.49. The predicted molar refractivity (Wildman–Crippen MR) is 132 cm³/mol. The number of hydrogen-bond donors (Lipinski definition) is 3. The van der Waals surface area contributed by atoms with E-state index in [0.717, 1.165) is 24.1 Å². The number of methoxy groups -OCH3 is 2. The van der Waals surface area contributed by atoms with E-state index in [1.807, 2.05) is 42.5 Å². The van der Waals surface area contributed by atoms with E-state index in [0.29, 0.717) is 36.1 Å². The highest BCUT2D eigenvalue weighted by Crippen LogP contribution is 2.29. The maximum Gasteiger partial charge on any atom is 0.251 e. The number of rotatable bonds is 9. The molecule has 0 saturated heterocycles. The molecule has 0 aliphatic heterocycles. The highest BCUT2D eigenvalue weighted by atomic mass is 127. The number of halogens is 1. The Bertz CT molecular complexity index is 826. The van der Waals surface area contributed by atoms with Crippen LogP contribution in [0, 0.1) is 0 Å². The summed E-state index contributed by atoms with van der Waals surface area (Å²) in [5, 5.41) is 9.40. The Balaban J connectivity index is 0.00000450. The SMILES string of the molecule is CCCCNC(=O)c1ccc(CNC(=NC)Nc2ccc(OC)c(OC)c2)cc1.I. The molecule has 0 aliphatic rings. The summed E-state index contributed by atoms with van der Waals surface area (Å²) in [6, 6.07) is 13.1. The van der Waals surface area contributed by atoms with Crippen LogP contribution in [0.1, 0.15) is 35.7 Å². The average Bonchev–Trinajstić information content (AvgIpc) is 2.76. The van der Waals surface area contributed by atoms with Crippen LogP contribution in [0.15, 0.2) is 47.5 Å². The minimum Gasteiger partial charge on any atom is -0.493 e. The van der Waals surface area contributed by atoms with Crippen molar-refractivity contribution in [2.45, 2.75) is 26.3 Å². The number of benzene rings is 2. The topological polar surface area (TPSA) is 84.0 Å². The van der Waals surface area contributed by atoms with Gasteiger partial charge in [-0.1, -0.05) is 25.5 Å². The summed E-state index contributed by atoms with van der Waals surface area (Å²) in [7, 11) is 4.91. The zero-order chi connectivity index (χ0) is 21.1. The number of nitrogens with one attached hydrogen (secondary N) is 3. The second-order valence-corrected chi connectivity index (χ2v) is 6.43. The molecule has 0 aromatic heterocycles. The lowest BCUT2D eigenvalue weighted by atomic mass is 10.1. The normalized spacial score (nSPS) is 10.6. The van der Waals surface area contributed by atoms with E-state index in [9.17, 15) is 4.79 Å². The monoisotopic (exact) mass is 526 g/mol. The molecule has 1 amide bonds. The molecule has 2 aromatic carbocycles. The maximum absolute atomic E-state index is 12.1. The zero-order valence-electron chi connectivity index (χ0n) is 18.0. The molecule has 164 valence electrons. The van der Waals surface area contributed by atoms with Crippen molar-refractivity contribution in [3.63, 3.8) is 0 Å². The lowest BCUT2D eigenvalue weighted by Crippen LogP contribution is -2.30. The quantitative estimate of drug-likeness (QED) is 0.199. The Morgan fingerprint density at radius 1 is 1.00 bits per heavy atom. The third kappa shape index (κ3) is 7.74. The van der Waals surface area contributed by atoms with Gasteiger partial charge in [-0.3, -0.25) is 9.79 Å². The van der Waals surface area contributed by atoms with Crippen LogP contribution in [0.2, 0.25) is 0 Å². The number of amides is 1. The van der Waals surface area contributed by atoms with Gasteiger partial charge in [0.2, 0.25) is 0 Å². The van der Waals surface area contributed by atoms with Gasteiger partial charge in [-0.05, 0) is 36.2 Å². The second kappa shape index (κ2) is 13.7. The van der Waals surface area contributed by atoms with Gasteiger partial charge in [0.1, 0.15) is 0 Å². The van der Waals surface area contributed by atoms with Gasteiger partial charge in [-0.2, -0.15) is 0 Å². The van der Waals surface area contributed by atoms with E-state index >= 15 is 0 Å². The zero-order valence-corrected chi connectivity index (χ0v) is 20.3. The number of hydrogen-bond acceptors (Lipinski definition) is 4. The standard InChI is InChI=1S/C22H30N4O3.HI/c1-5-6-13-24-21(27)17-9-7-16(8-10-17)15-25-22(23-2)26-18-11-12-19(28-3)20(14-18)29-4;/h7-12,14H,5-6,13,15H2,1-4H3,(H,24,27)(H2,23,25,26);1H. The molecule has 0 aliphatic carbocycles. The van der Waals surface area contributed by atoms with Crippen LogP contribution in [-0.4, -0.2) is 39.7 Å². The first-order valence-electron chi connectivity index (χ1n) is 9.68. The molecule has 0 radical (unpaired) electrons. The van der Waals surface area contributed by atoms with Crippen LogP contribution in [-0.2, 0) is 6.54 Å². The van der Waals surface area contributed by atoms with Crippen molar-refractivity contribution < 1.29 is 14.3 Å². The fourth-order valence-electron chi connectivity index (χ4n) is 2.67. The number of aliphatic imine (C=N–C) groups is 1. The number of guanidine groups is 1. The first-order chi connectivity index (χ1) is 14.1. The first kappa shape index (κ1) is 25.5. The van der Waals surface area contributed by atoms with E-state index < -0.39 is 0 Å². The van der Waals surface area contributed by atoms with Crippen molar-refractivity contribution in [3.05, 3.63) is 53.6 Å². The van der Waals surface area contributed by atoms with E-state index in [4.69, 9.17) is 9.47 Å². The Morgan fingerprint density at radius 2 is 1.70 bits per heavy atom. The molecule has 0 atom stereocenters. The Morgan fingerprint density at radius 3 is 2.30 bits per heavy atom. The molecular formula is C22H31IN4O3. The van der Waals surface area contributed by atoms with Crippen molar-refractivity contribution in [1.29, 1.82) is 0 Å². The minimum atomic E-state index is -0.0381. The summed E-state index contributed by atoms with van der Waals surface area (Å²) in [5.74, 6) is 1.89. The van der Waals surface area contributed by atoms with Crippen LogP contribution in [0.3, 0.4) is 0 Å². The van der Waals surface area contributed by atoms with Gasteiger partial charge in [0.15, 0.2) is 17.5 Å². The number of unbranched alkanes of at least 4 members (excludes halogenated alkanes) is 1. The van der Waals surface area contributed by atoms with Crippen molar-refractivity contribution in [2.75, 3.05) is 33.1 Å². The Labute approximate surface area is 195 Å². The summed E-state index contributed by atoms with van der Waals surface area (Å²) in [5.41, 5.74) is 2.54. The van der Waals surface area contributed by atoms with Crippen LogP contribution >= 0.6 is 24.0 Å². The number of ether oxygens (including phenoxy) is 2. The van der Waals surface area contributed by atoms with Gasteiger partial charge in [0, 0.05) is 37.5 Å². The molecule has 7 nitrogen and oxygen atoms in total. The minimum absolute atomic E-state index is 0. The van der Waals surface area contributed by atoms with Crippen LogP contribution in [0.4, 0.5) is 5.69 Å². The molecule has 2 rings (SSSR count). The Kier molecular flexibility index (Phi) is 11.7. The summed E-state index contributed by atoms with van der Waals surface area (Å²) in [6.45, 7) is 3.38. The third-order valence-electron chi connectivity index (χ3n) is 4.36. The molecule has 0 heterocycles. The third-order valence-corrected chi connectivity index (χ3v) is 4.36. The number of anilines is 1. The predicted octanol–water partition coefficient (Wildman–Crippen LogP) is 4.04. The summed E-state index contributed by atoms with van der Waals surface area (Å²) in [6.07, 6.45) is 2.05. The number of carbonyl (C=O) groups excluding carboxylic acids is 1. The van der Waals surface area contributed by atoms with E-state index in [2.05, 4.69) is 27.9 Å². The van der Waals surface area contributed by atoms with Gasteiger partial charge in [-0.15, -0.1) is 24.0 Å². The molecule has 0 unspecified atom stereocenters. The average molecular weight is 526 g/mol. The molecule has 0 spiro atoms. The van der Waals surface area contributed by atoms with Crippen LogP contribution in [0.5, 0.6) is 11.5 Å². The maximum atomic E-state index is 12.1. The highest BCUT2D eigenvalue weighted by molar-refractivity contribution is 14.0. The number of nitrogens with zero attached hydrogens (tertiary/aromatic N) is 1. The molecule has 30 heavy (non-hydrogen) atoms. The molecular weight excluding hydrogens is 495 g/mol. The molecule has 0 saturated carbocycles. The van der Waals surface area contributed by atoms with E-state index in [-0.39, 0.29) is 29.9 Å². The fraction of sp³-hybridized carbons (Fsp3) is 0.364. The van der Waals surface area contributed by atoms with Gasteiger partial charge in [0.25, 0.3) is 5.91 Å². The van der Waals surface area contributed by atoms with Crippen LogP contribution < -0.4 is 25.4 Å². The highest BCUT2D eigenvalue weighted by Gasteiger charge is 2.07. The largest absolute Gasteiger partial charge is 0.493 e. The van der Waals surface area contributed by atoms with Gasteiger partial charge >= 0.3 is 0 Å². The van der Waals surface area contributed by atoms with Gasteiger partial charge in [0.05, 0.1) is 14.2 Å². The summed E-state index contributed by atoms with van der Waals surface area (Å²) >= 11 is 0. The first-order valence-corrected chi connectivity index (χ1v) is 9.68. The molecule has 2 aromatic rings. The molecule has 3 N–H and O–H groups in total. The lowest BCUT2D eigenvalue weighted by molar-refractivity contribution is 0.0953. The molecule has 0 fully saturated rings. The summed E-state index contributed by atoms with van der Waals surface area (Å²) < 4.78 is 10.6. The summed E-state index contributed by atoms with van der Waals surface area (Å²) in [4.78, 5) is 16.3. The molecule has 8 heteroatoms. The van der Waals surface area contributed by atoms with Crippen molar-refractivity contribution in [1.82, 2.24) is 10.6 Å². The molecule has 0 bridgehead atoms. The van der Waals surface area contributed by atoms with Crippen molar-refractivity contribution >= 4 is 41.5 Å². The smallest absolute Gasteiger partial charge is 0.251 e.